The second-order valence-electron chi connectivity index (χ2n) is 6.34. The van der Waals surface area contributed by atoms with Crippen LogP contribution in [-0.2, 0) is 9.59 Å². The van der Waals surface area contributed by atoms with Gasteiger partial charge in [-0.25, -0.2) is 8.78 Å². The summed E-state index contributed by atoms with van der Waals surface area (Å²) < 4.78 is 27.1. The van der Waals surface area contributed by atoms with Gasteiger partial charge >= 0.3 is 0 Å². The van der Waals surface area contributed by atoms with Gasteiger partial charge in [0.15, 0.2) is 0 Å². The number of nitrogens with one attached hydrogen (secondary N) is 1. The van der Waals surface area contributed by atoms with Crippen molar-refractivity contribution in [2.45, 2.75) is 33.1 Å². The molecule has 2 rings (SSSR count). The normalized spacial score (nSPS) is 15.8. The topological polar surface area (TPSA) is 49.4 Å². The molecule has 0 spiro atoms. The van der Waals surface area contributed by atoms with Crippen molar-refractivity contribution in [2.24, 2.45) is 11.8 Å². The number of likely N-dealkylation sites (tertiary alicyclic amines) is 1. The first kappa shape index (κ1) is 17.4. The molecule has 0 bridgehead atoms. The molecule has 126 valence electrons. The number of piperidine rings is 1. The Bertz CT molecular complexity index is 562. The molecular weight excluding hydrogens is 302 g/mol. The van der Waals surface area contributed by atoms with Gasteiger partial charge in [-0.15, -0.1) is 0 Å². The number of benzene rings is 1. The Kier molecular flexibility index (Phi) is 5.69. The summed E-state index contributed by atoms with van der Waals surface area (Å²) in [5.41, 5.74) is -0.407. The lowest BCUT2D eigenvalue weighted by Crippen LogP contribution is -2.41. The molecule has 1 heterocycles. The molecule has 0 atom stereocenters. The summed E-state index contributed by atoms with van der Waals surface area (Å²) in [5.74, 6) is -1.92. The highest BCUT2D eigenvalue weighted by atomic mass is 19.1. The Morgan fingerprint density at radius 1 is 1.22 bits per heavy atom. The maximum Gasteiger partial charge on any atom is 0.227 e. The summed E-state index contributed by atoms with van der Waals surface area (Å²) in [6, 6.07) is 3.46. The van der Waals surface area contributed by atoms with Gasteiger partial charge in [0.2, 0.25) is 11.8 Å². The molecule has 2 amide bonds. The Morgan fingerprint density at radius 3 is 2.30 bits per heavy atom. The average molecular weight is 324 g/mol. The molecule has 0 saturated carbocycles. The third-order valence-electron chi connectivity index (χ3n) is 4.01. The van der Waals surface area contributed by atoms with Gasteiger partial charge in [0.05, 0.1) is 0 Å². The van der Waals surface area contributed by atoms with Gasteiger partial charge in [-0.2, -0.15) is 0 Å². The van der Waals surface area contributed by atoms with Crippen molar-refractivity contribution in [1.29, 1.82) is 0 Å². The van der Waals surface area contributed by atoms with E-state index in [1.54, 1.807) is 4.90 Å². The smallest absolute Gasteiger partial charge is 0.227 e. The number of carbonyl (C=O) groups is 2. The van der Waals surface area contributed by atoms with Crippen molar-refractivity contribution >= 4 is 17.5 Å². The Labute approximate surface area is 134 Å². The second kappa shape index (κ2) is 7.53. The van der Waals surface area contributed by atoms with Crippen LogP contribution in [0.5, 0.6) is 0 Å². The number of para-hydroxylation sites is 1. The molecule has 1 N–H and O–H groups in total. The van der Waals surface area contributed by atoms with Crippen molar-refractivity contribution in [1.82, 2.24) is 4.90 Å². The van der Waals surface area contributed by atoms with Crippen LogP contribution < -0.4 is 5.32 Å². The first-order valence-electron chi connectivity index (χ1n) is 7.91. The first-order chi connectivity index (χ1) is 10.9. The van der Waals surface area contributed by atoms with Gasteiger partial charge in [0.25, 0.3) is 0 Å². The zero-order chi connectivity index (χ0) is 17.0. The van der Waals surface area contributed by atoms with E-state index in [2.05, 4.69) is 5.32 Å². The second-order valence-corrected chi connectivity index (χ2v) is 6.34. The van der Waals surface area contributed by atoms with Crippen LogP contribution in [0, 0.1) is 23.5 Å². The van der Waals surface area contributed by atoms with Gasteiger partial charge < -0.3 is 10.2 Å². The number of hydrogen-bond acceptors (Lipinski definition) is 2. The maximum absolute atomic E-state index is 13.6. The number of anilines is 1. The van der Waals surface area contributed by atoms with E-state index in [1.807, 2.05) is 13.8 Å². The van der Waals surface area contributed by atoms with Crippen LogP contribution in [0.4, 0.5) is 14.5 Å². The van der Waals surface area contributed by atoms with Crippen molar-refractivity contribution in [3.05, 3.63) is 29.8 Å². The average Bonchev–Trinajstić information content (AvgIpc) is 2.50. The van der Waals surface area contributed by atoms with Crippen molar-refractivity contribution in [3.8, 4) is 0 Å². The van der Waals surface area contributed by atoms with Gasteiger partial charge in [-0.1, -0.05) is 19.9 Å². The van der Waals surface area contributed by atoms with Gasteiger partial charge in [0.1, 0.15) is 17.3 Å². The van der Waals surface area contributed by atoms with Crippen LogP contribution in [0.15, 0.2) is 18.2 Å². The summed E-state index contributed by atoms with van der Waals surface area (Å²) in [5, 5.41) is 2.33. The maximum atomic E-state index is 13.6. The third-order valence-corrected chi connectivity index (χ3v) is 4.01. The Balaban J connectivity index is 1.90. The molecule has 6 heteroatoms. The van der Waals surface area contributed by atoms with Crippen molar-refractivity contribution in [3.63, 3.8) is 0 Å². The molecular formula is C17H22F2N2O2. The predicted molar refractivity (Wildman–Crippen MR) is 83.7 cm³/mol. The number of halogens is 2. The predicted octanol–water partition coefficient (Wildman–Crippen LogP) is 3.19. The quantitative estimate of drug-likeness (QED) is 0.925. The number of amides is 2. The minimum atomic E-state index is -0.789. The molecule has 1 saturated heterocycles. The lowest BCUT2D eigenvalue weighted by molar-refractivity contribution is -0.135. The monoisotopic (exact) mass is 324 g/mol. The number of nitrogens with zero attached hydrogens (tertiary/aromatic N) is 1. The molecule has 0 aliphatic carbocycles. The molecule has 1 aliphatic heterocycles. The van der Waals surface area contributed by atoms with Gasteiger partial charge in [-0.05, 0) is 30.9 Å². The third kappa shape index (κ3) is 4.50. The van der Waals surface area contributed by atoms with Gasteiger partial charge in [0, 0.05) is 25.4 Å². The Hall–Kier alpha value is -1.98. The SMILES string of the molecule is CC(C)CC(=O)N1CCC(C(=O)Nc2c(F)cccc2F)CC1. The van der Waals surface area contributed by atoms with Crippen molar-refractivity contribution in [2.75, 3.05) is 18.4 Å². The number of rotatable bonds is 4. The highest BCUT2D eigenvalue weighted by Crippen LogP contribution is 2.23. The van der Waals surface area contributed by atoms with E-state index < -0.39 is 23.2 Å². The van der Waals surface area contributed by atoms with Gasteiger partial charge in [-0.3, -0.25) is 9.59 Å². The minimum Gasteiger partial charge on any atom is -0.343 e. The fourth-order valence-corrected chi connectivity index (χ4v) is 2.71. The summed E-state index contributed by atoms with van der Waals surface area (Å²) in [4.78, 5) is 25.9. The van der Waals surface area contributed by atoms with Crippen molar-refractivity contribution < 1.29 is 18.4 Å². The fraction of sp³-hybridized carbons (Fsp3) is 0.529. The molecule has 1 aromatic carbocycles. The lowest BCUT2D eigenvalue weighted by Gasteiger charge is -2.31. The number of carbonyl (C=O) groups excluding carboxylic acids is 2. The molecule has 0 radical (unpaired) electrons. The zero-order valence-corrected chi connectivity index (χ0v) is 13.4. The van der Waals surface area contributed by atoms with E-state index in [4.69, 9.17) is 0 Å². The molecule has 1 aromatic rings. The van der Waals surface area contributed by atoms with E-state index in [-0.39, 0.29) is 11.8 Å². The van der Waals surface area contributed by atoms with Crippen LogP contribution in [0.2, 0.25) is 0 Å². The Morgan fingerprint density at radius 2 is 1.78 bits per heavy atom. The van der Waals surface area contributed by atoms with Crippen LogP contribution >= 0.6 is 0 Å². The highest BCUT2D eigenvalue weighted by Gasteiger charge is 2.28. The summed E-state index contributed by atoms with van der Waals surface area (Å²) in [6.45, 7) is 4.98. The first-order valence-corrected chi connectivity index (χ1v) is 7.91. The molecule has 4 nitrogen and oxygen atoms in total. The van der Waals surface area contributed by atoms with E-state index >= 15 is 0 Å². The van der Waals surface area contributed by atoms with Crippen LogP contribution in [0.3, 0.4) is 0 Å². The fourth-order valence-electron chi connectivity index (χ4n) is 2.71. The number of hydrogen-bond donors (Lipinski definition) is 1. The molecule has 1 fully saturated rings. The zero-order valence-electron chi connectivity index (χ0n) is 13.4. The van der Waals surface area contributed by atoms with E-state index in [9.17, 15) is 18.4 Å². The molecule has 0 unspecified atom stereocenters. The van der Waals surface area contributed by atoms with Crippen LogP contribution in [0.25, 0.3) is 0 Å². The van der Waals surface area contributed by atoms with E-state index in [0.717, 1.165) is 12.1 Å². The summed E-state index contributed by atoms with van der Waals surface area (Å²) >= 11 is 0. The minimum absolute atomic E-state index is 0.0963. The highest BCUT2D eigenvalue weighted by molar-refractivity contribution is 5.93. The lowest BCUT2D eigenvalue weighted by atomic mass is 9.95. The van der Waals surface area contributed by atoms with E-state index in [0.29, 0.717) is 38.3 Å². The summed E-state index contributed by atoms with van der Waals surface area (Å²) in [6.07, 6.45) is 1.51. The van der Waals surface area contributed by atoms with Crippen LogP contribution in [0.1, 0.15) is 33.1 Å². The largest absolute Gasteiger partial charge is 0.343 e. The van der Waals surface area contributed by atoms with Crippen LogP contribution in [-0.4, -0.2) is 29.8 Å². The molecule has 23 heavy (non-hydrogen) atoms. The molecule has 0 aromatic heterocycles. The standard InChI is InChI=1S/C17H22F2N2O2/c1-11(2)10-15(22)21-8-6-12(7-9-21)17(23)20-16-13(18)4-3-5-14(16)19/h3-5,11-12H,6-10H2,1-2H3,(H,20,23). The summed E-state index contributed by atoms with van der Waals surface area (Å²) in [7, 11) is 0. The molecule has 1 aliphatic rings. The van der Waals surface area contributed by atoms with E-state index in [1.165, 1.54) is 6.07 Å².